The van der Waals surface area contributed by atoms with Crippen LogP contribution < -0.4 is 4.48 Å². The number of aromatic nitrogens is 1. The Kier molecular flexibility index (Phi) is 4.10. The van der Waals surface area contributed by atoms with Crippen LogP contribution in [0.5, 0.6) is 5.75 Å². The predicted molar refractivity (Wildman–Crippen MR) is 101 cm³/mol. The fourth-order valence-electron chi connectivity index (χ4n) is 3.24. The predicted octanol–water partition coefficient (Wildman–Crippen LogP) is 2.46. The molecular formula is C20H18AsN2O2. The van der Waals surface area contributed by atoms with E-state index in [0.29, 0.717) is 0 Å². The van der Waals surface area contributed by atoms with Crippen LogP contribution in [0.4, 0.5) is 0 Å². The first-order valence-corrected chi connectivity index (χ1v) is 10.5. The van der Waals surface area contributed by atoms with Gasteiger partial charge in [0.05, 0.1) is 0 Å². The number of rotatable bonds is 4. The summed E-state index contributed by atoms with van der Waals surface area (Å²) in [6.45, 7) is 0.982. The van der Waals surface area contributed by atoms with E-state index < -0.39 is 0 Å². The minimum absolute atomic E-state index is 0.0863. The molecule has 1 radical (unpaired) electrons. The summed E-state index contributed by atoms with van der Waals surface area (Å²) >= 11 is -0.217. The Hall–Kier alpha value is -2.16. The zero-order valence-electron chi connectivity index (χ0n) is 14.2. The first-order valence-electron chi connectivity index (χ1n) is 8.19. The van der Waals surface area contributed by atoms with Crippen molar-refractivity contribution in [2.24, 2.45) is 0 Å². The third-order valence-corrected chi connectivity index (χ3v) is 6.62. The van der Waals surface area contributed by atoms with Gasteiger partial charge in [-0.2, -0.15) is 0 Å². The van der Waals surface area contributed by atoms with Crippen LogP contribution in [-0.4, -0.2) is 57.2 Å². The van der Waals surface area contributed by atoms with Gasteiger partial charge in [-0.1, -0.05) is 0 Å². The second kappa shape index (κ2) is 6.29. The molecule has 3 aromatic rings. The van der Waals surface area contributed by atoms with E-state index in [1.807, 2.05) is 30.3 Å². The second-order valence-electron chi connectivity index (χ2n) is 6.45. The molecule has 0 atom stereocenters. The number of carbonyl (C=O) groups is 1. The summed E-state index contributed by atoms with van der Waals surface area (Å²) in [5.41, 5.74) is 4.27. The molecule has 1 heterocycles. The Morgan fingerprint density at radius 2 is 1.84 bits per heavy atom. The van der Waals surface area contributed by atoms with Gasteiger partial charge in [-0.15, -0.1) is 0 Å². The number of phenolic OH excluding ortho intramolecular Hbond substituents is 1. The summed E-state index contributed by atoms with van der Waals surface area (Å²) in [7, 11) is 4.11. The molecule has 0 saturated heterocycles. The van der Waals surface area contributed by atoms with E-state index >= 15 is 0 Å². The van der Waals surface area contributed by atoms with Crippen molar-refractivity contribution < 1.29 is 9.90 Å². The standard InChI is InChI=1S/C20H18AsN2O2/c1-23(2)10-9-21-20-18-17(13-5-3-4-6-14(13)19(18)25)15-8-7-12(24)11-16(15)22-20/h3-8,11,24H,9-10H2,1-2H3. The van der Waals surface area contributed by atoms with Crippen LogP contribution in [0.25, 0.3) is 22.0 Å². The summed E-state index contributed by atoms with van der Waals surface area (Å²) < 4.78 is 0.924. The van der Waals surface area contributed by atoms with Gasteiger partial charge in [0.25, 0.3) is 0 Å². The fourth-order valence-corrected chi connectivity index (χ4v) is 5.89. The number of hydrogen-bond acceptors (Lipinski definition) is 4. The SMILES string of the molecule is CN(C)CC[As]c1nc2cc(O)ccc2c2c1C(=O)c1ccccc1-2. The van der Waals surface area contributed by atoms with Crippen molar-refractivity contribution in [3.63, 3.8) is 0 Å². The van der Waals surface area contributed by atoms with Gasteiger partial charge >= 0.3 is 153 Å². The summed E-state index contributed by atoms with van der Waals surface area (Å²) in [6, 6.07) is 13.0. The van der Waals surface area contributed by atoms with Crippen LogP contribution in [0.2, 0.25) is 5.21 Å². The number of fused-ring (bicyclic) bond motifs is 5. The molecule has 0 saturated carbocycles. The molecule has 0 amide bonds. The van der Waals surface area contributed by atoms with Gasteiger partial charge in [0.2, 0.25) is 0 Å². The normalized spacial score (nSPS) is 13.2. The Morgan fingerprint density at radius 1 is 1.08 bits per heavy atom. The van der Waals surface area contributed by atoms with Gasteiger partial charge in [-0.3, -0.25) is 0 Å². The first kappa shape index (κ1) is 16.3. The summed E-state index contributed by atoms with van der Waals surface area (Å²) in [6.07, 6.45) is 0. The van der Waals surface area contributed by atoms with Crippen LogP contribution in [0, 0.1) is 0 Å². The molecule has 1 N–H and O–H groups in total. The number of pyridine rings is 1. The van der Waals surface area contributed by atoms with Gasteiger partial charge in [-0.25, -0.2) is 0 Å². The van der Waals surface area contributed by atoms with E-state index in [4.69, 9.17) is 4.98 Å². The number of nitrogens with zero attached hydrogens (tertiary/aromatic N) is 2. The zero-order valence-corrected chi connectivity index (χ0v) is 16.0. The maximum absolute atomic E-state index is 13.0. The van der Waals surface area contributed by atoms with Crippen LogP contribution in [0.1, 0.15) is 15.9 Å². The first-order chi connectivity index (χ1) is 12.1. The van der Waals surface area contributed by atoms with Gasteiger partial charge in [0.15, 0.2) is 0 Å². The Labute approximate surface area is 153 Å². The molecule has 2 aromatic carbocycles. The zero-order chi connectivity index (χ0) is 17.6. The van der Waals surface area contributed by atoms with E-state index in [9.17, 15) is 9.90 Å². The van der Waals surface area contributed by atoms with E-state index in [1.54, 1.807) is 12.1 Å². The average molecular weight is 393 g/mol. The number of benzene rings is 2. The van der Waals surface area contributed by atoms with E-state index in [1.165, 1.54) is 0 Å². The Bertz CT molecular complexity index is 998. The van der Waals surface area contributed by atoms with E-state index in [2.05, 4.69) is 19.0 Å². The second-order valence-corrected chi connectivity index (χ2v) is 8.94. The van der Waals surface area contributed by atoms with Crippen molar-refractivity contribution in [2.75, 3.05) is 20.6 Å². The van der Waals surface area contributed by atoms with Gasteiger partial charge in [0, 0.05) is 0 Å². The number of aromatic hydroxyl groups is 1. The average Bonchev–Trinajstić information content (AvgIpc) is 2.88. The number of hydrogen-bond donors (Lipinski definition) is 1. The molecule has 4 rings (SSSR count). The number of phenols is 1. The topological polar surface area (TPSA) is 53.4 Å². The van der Waals surface area contributed by atoms with E-state index in [-0.39, 0.29) is 27.3 Å². The molecule has 0 fully saturated rings. The van der Waals surface area contributed by atoms with Crippen molar-refractivity contribution in [3.8, 4) is 16.9 Å². The molecule has 0 spiro atoms. The fraction of sp³-hybridized carbons (Fsp3) is 0.200. The summed E-state index contributed by atoms with van der Waals surface area (Å²) in [4.78, 5) is 20.0. The molecular weight excluding hydrogens is 375 g/mol. The molecule has 0 aliphatic heterocycles. The number of carbonyl (C=O) groups excluding carboxylic acids is 1. The quantitative estimate of drug-likeness (QED) is 0.542. The van der Waals surface area contributed by atoms with Gasteiger partial charge in [-0.05, 0) is 0 Å². The molecule has 4 nitrogen and oxygen atoms in total. The van der Waals surface area contributed by atoms with Crippen LogP contribution in [0.3, 0.4) is 0 Å². The minimum atomic E-state index is -0.217. The summed E-state index contributed by atoms with van der Waals surface area (Å²) in [5.74, 6) is 0.288. The van der Waals surface area contributed by atoms with Gasteiger partial charge < -0.3 is 0 Å². The molecule has 25 heavy (non-hydrogen) atoms. The third kappa shape index (κ3) is 2.76. The molecule has 5 heteroatoms. The van der Waals surface area contributed by atoms with Crippen molar-refractivity contribution in [3.05, 3.63) is 53.6 Å². The maximum atomic E-state index is 13.0. The Morgan fingerprint density at radius 3 is 2.60 bits per heavy atom. The van der Waals surface area contributed by atoms with Crippen LogP contribution >= 0.6 is 0 Å². The van der Waals surface area contributed by atoms with Crippen LogP contribution in [0.15, 0.2) is 42.5 Å². The molecule has 1 aromatic heterocycles. The molecule has 0 unspecified atom stereocenters. The molecule has 0 bridgehead atoms. The van der Waals surface area contributed by atoms with Crippen molar-refractivity contribution >= 4 is 36.9 Å². The number of ketones is 1. The van der Waals surface area contributed by atoms with Crippen molar-refractivity contribution in [1.82, 2.24) is 9.88 Å². The van der Waals surface area contributed by atoms with Crippen molar-refractivity contribution in [2.45, 2.75) is 5.21 Å². The third-order valence-electron chi connectivity index (χ3n) is 4.43. The van der Waals surface area contributed by atoms with Gasteiger partial charge in [0.1, 0.15) is 0 Å². The van der Waals surface area contributed by atoms with E-state index in [0.717, 1.165) is 49.4 Å². The monoisotopic (exact) mass is 393 g/mol. The van der Waals surface area contributed by atoms with Crippen LogP contribution in [-0.2, 0) is 0 Å². The summed E-state index contributed by atoms with van der Waals surface area (Å²) in [5, 5.41) is 11.8. The Balaban J connectivity index is 1.94. The van der Waals surface area contributed by atoms with Crippen molar-refractivity contribution in [1.29, 1.82) is 0 Å². The molecule has 1 aliphatic rings. The molecule has 125 valence electrons. The molecule has 1 aliphatic carbocycles.